The molecule has 0 aliphatic heterocycles. The van der Waals surface area contributed by atoms with Crippen LogP contribution < -0.4 is 10.6 Å². The highest BCUT2D eigenvalue weighted by molar-refractivity contribution is 5.94. The Bertz CT molecular complexity index is 326. The van der Waals surface area contributed by atoms with Crippen molar-refractivity contribution in [2.75, 3.05) is 31.4 Å². The molecule has 0 aromatic heterocycles. The zero-order valence-electron chi connectivity index (χ0n) is 8.36. The van der Waals surface area contributed by atoms with Gasteiger partial charge in [0.05, 0.1) is 0 Å². The summed E-state index contributed by atoms with van der Waals surface area (Å²) >= 11 is 0. The zero-order valence-corrected chi connectivity index (χ0v) is 8.36. The number of amides is 1. The van der Waals surface area contributed by atoms with E-state index in [9.17, 15) is 4.79 Å². The van der Waals surface area contributed by atoms with E-state index in [2.05, 4.69) is 0 Å². The van der Waals surface area contributed by atoms with Gasteiger partial charge < -0.3 is 15.4 Å². The minimum absolute atomic E-state index is 0.0747. The summed E-state index contributed by atoms with van der Waals surface area (Å²) in [4.78, 5) is 12.9. The summed E-state index contributed by atoms with van der Waals surface area (Å²) in [6.45, 7) is 0.0747. The van der Waals surface area contributed by atoms with E-state index in [-0.39, 0.29) is 12.5 Å². The molecule has 76 valence electrons. The van der Waals surface area contributed by atoms with E-state index in [1.54, 1.807) is 25.2 Å². The first-order chi connectivity index (χ1) is 6.65. The molecule has 0 heterocycles. The maximum Gasteiger partial charge on any atom is 0.252 e. The number of carbonyl (C=O) groups is 1. The van der Waals surface area contributed by atoms with Crippen molar-refractivity contribution in [2.45, 2.75) is 0 Å². The first-order valence-electron chi connectivity index (χ1n) is 4.26. The minimum atomic E-state index is -0.0990. The monoisotopic (exact) mass is 194 g/mol. The van der Waals surface area contributed by atoms with Crippen molar-refractivity contribution in [3.05, 3.63) is 24.3 Å². The molecule has 0 atom stereocenters. The van der Waals surface area contributed by atoms with Crippen LogP contribution in [0.15, 0.2) is 24.3 Å². The Labute approximate surface area is 83.3 Å². The molecule has 0 aliphatic carbocycles. The van der Waals surface area contributed by atoms with Crippen molar-refractivity contribution in [3.63, 3.8) is 0 Å². The lowest BCUT2D eigenvalue weighted by Crippen LogP contribution is -2.29. The van der Waals surface area contributed by atoms with E-state index >= 15 is 0 Å². The number of nitrogens with two attached hydrogens (primary N) is 1. The predicted molar refractivity (Wildman–Crippen MR) is 56.1 cm³/mol. The van der Waals surface area contributed by atoms with Crippen molar-refractivity contribution in [3.8, 4) is 0 Å². The van der Waals surface area contributed by atoms with Crippen LogP contribution in [-0.4, -0.2) is 26.7 Å². The number of hydrogen-bond acceptors (Lipinski definition) is 3. The molecule has 0 radical (unpaired) electrons. The van der Waals surface area contributed by atoms with Crippen LogP contribution in [0, 0.1) is 0 Å². The molecule has 4 nitrogen and oxygen atoms in total. The Hall–Kier alpha value is -1.55. The number of benzene rings is 1. The lowest BCUT2D eigenvalue weighted by Gasteiger charge is -2.16. The Balaban J connectivity index is 2.78. The highest BCUT2D eigenvalue weighted by Gasteiger charge is 2.09. The van der Waals surface area contributed by atoms with Crippen LogP contribution >= 0.6 is 0 Å². The first kappa shape index (κ1) is 10.5. The van der Waals surface area contributed by atoms with Gasteiger partial charge in [-0.15, -0.1) is 0 Å². The highest BCUT2D eigenvalue weighted by atomic mass is 16.5. The molecular formula is C10H14N2O2. The topological polar surface area (TPSA) is 55.6 Å². The number of nitrogens with zero attached hydrogens (tertiary/aromatic N) is 1. The number of anilines is 2. The average Bonchev–Trinajstić information content (AvgIpc) is 2.17. The first-order valence-corrected chi connectivity index (χ1v) is 4.26. The molecule has 0 aliphatic rings. The molecule has 1 aromatic rings. The Morgan fingerprint density at radius 3 is 2.86 bits per heavy atom. The van der Waals surface area contributed by atoms with Crippen LogP contribution in [0.25, 0.3) is 0 Å². The standard InChI is InChI=1S/C10H14N2O2/c1-12(10(13)7-14-2)9-5-3-4-8(11)6-9/h3-6H,7,11H2,1-2H3. The van der Waals surface area contributed by atoms with E-state index in [1.807, 2.05) is 6.07 Å². The van der Waals surface area contributed by atoms with Crippen molar-refractivity contribution < 1.29 is 9.53 Å². The minimum Gasteiger partial charge on any atom is -0.399 e. The quantitative estimate of drug-likeness (QED) is 0.727. The van der Waals surface area contributed by atoms with Crippen LogP contribution in [0.2, 0.25) is 0 Å². The largest absolute Gasteiger partial charge is 0.399 e. The second kappa shape index (κ2) is 4.62. The van der Waals surface area contributed by atoms with Gasteiger partial charge in [-0.1, -0.05) is 6.07 Å². The van der Waals surface area contributed by atoms with Crippen molar-refractivity contribution in [1.29, 1.82) is 0 Å². The molecule has 4 heteroatoms. The normalized spacial score (nSPS) is 9.86. The smallest absolute Gasteiger partial charge is 0.252 e. The van der Waals surface area contributed by atoms with Gasteiger partial charge in [0, 0.05) is 25.5 Å². The Morgan fingerprint density at radius 2 is 2.29 bits per heavy atom. The van der Waals surface area contributed by atoms with Crippen molar-refractivity contribution >= 4 is 17.3 Å². The molecule has 2 N–H and O–H groups in total. The van der Waals surface area contributed by atoms with E-state index in [1.165, 1.54) is 12.0 Å². The zero-order chi connectivity index (χ0) is 10.6. The fourth-order valence-corrected chi connectivity index (χ4v) is 1.10. The van der Waals surface area contributed by atoms with E-state index < -0.39 is 0 Å². The number of likely N-dealkylation sites (N-methyl/N-ethyl adjacent to an activating group) is 1. The molecule has 0 unspecified atom stereocenters. The van der Waals surface area contributed by atoms with Crippen LogP contribution in [0.4, 0.5) is 11.4 Å². The average molecular weight is 194 g/mol. The summed E-state index contributed by atoms with van der Waals surface area (Å²) in [7, 11) is 3.18. The number of ether oxygens (including phenoxy) is 1. The van der Waals surface area contributed by atoms with Crippen molar-refractivity contribution in [2.24, 2.45) is 0 Å². The van der Waals surface area contributed by atoms with Gasteiger partial charge in [-0.05, 0) is 18.2 Å². The van der Waals surface area contributed by atoms with Crippen LogP contribution in [0.1, 0.15) is 0 Å². The number of methoxy groups -OCH3 is 1. The molecule has 0 spiro atoms. The second-order valence-corrected chi connectivity index (χ2v) is 2.98. The third kappa shape index (κ3) is 2.47. The third-order valence-corrected chi connectivity index (χ3v) is 1.90. The summed E-state index contributed by atoms with van der Waals surface area (Å²) in [5.74, 6) is -0.0990. The summed E-state index contributed by atoms with van der Waals surface area (Å²) < 4.78 is 4.75. The molecule has 14 heavy (non-hydrogen) atoms. The second-order valence-electron chi connectivity index (χ2n) is 2.98. The Kier molecular flexibility index (Phi) is 3.48. The fraction of sp³-hybridized carbons (Fsp3) is 0.300. The Morgan fingerprint density at radius 1 is 1.57 bits per heavy atom. The maximum absolute atomic E-state index is 11.4. The van der Waals surface area contributed by atoms with E-state index in [4.69, 9.17) is 10.5 Å². The van der Waals surface area contributed by atoms with Crippen LogP contribution in [0.3, 0.4) is 0 Å². The van der Waals surface area contributed by atoms with Gasteiger partial charge in [-0.2, -0.15) is 0 Å². The molecule has 0 fully saturated rings. The SMILES string of the molecule is COCC(=O)N(C)c1cccc(N)c1. The summed E-state index contributed by atoms with van der Waals surface area (Å²) in [6.07, 6.45) is 0. The van der Waals surface area contributed by atoms with Gasteiger partial charge in [0.1, 0.15) is 6.61 Å². The van der Waals surface area contributed by atoms with Gasteiger partial charge in [-0.3, -0.25) is 4.79 Å². The van der Waals surface area contributed by atoms with E-state index in [0.29, 0.717) is 5.69 Å². The summed E-state index contributed by atoms with van der Waals surface area (Å²) in [6, 6.07) is 7.15. The predicted octanol–water partition coefficient (Wildman–Crippen LogP) is 0.878. The molecule has 1 aromatic carbocycles. The molecule has 1 rings (SSSR count). The van der Waals surface area contributed by atoms with Crippen LogP contribution in [-0.2, 0) is 9.53 Å². The van der Waals surface area contributed by atoms with E-state index in [0.717, 1.165) is 5.69 Å². The molecule has 0 bridgehead atoms. The van der Waals surface area contributed by atoms with Gasteiger partial charge in [-0.25, -0.2) is 0 Å². The maximum atomic E-state index is 11.4. The summed E-state index contributed by atoms with van der Waals surface area (Å²) in [5, 5.41) is 0. The molecular weight excluding hydrogens is 180 g/mol. The number of nitrogen functional groups attached to an aromatic ring is 1. The number of rotatable bonds is 3. The number of carbonyl (C=O) groups excluding carboxylic acids is 1. The summed E-state index contributed by atoms with van der Waals surface area (Å²) in [5.41, 5.74) is 7.01. The van der Waals surface area contributed by atoms with Gasteiger partial charge in [0.15, 0.2) is 0 Å². The molecule has 1 amide bonds. The third-order valence-electron chi connectivity index (χ3n) is 1.90. The fourth-order valence-electron chi connectivity index (χ4n) is 1.10. The van der Waals surface area contributed by atoms with Gasteiger partial charge >= 0.3 is 0 Å². The van der Waals surface area contributed by atoms with Gasteiger partial charge in [0.2, 0.25) is 0 Å². The van der Waals surface area contributed by atoms with Crippen molar-refractivity contribution in [1.82, 2.24) is 0 Å². The van der Waals surface area contributed by atoms with Gasteiger partial charge in [0.25, 0.3) is 5.91 Å². The molecule has 0 saturated carbocycles. The number of hydrogen-bond donors (Lipinski definition) is 1. The van der Waals surface area contributed by atoms with Crippen LogP contribution in [0.5, 0.6) is 0 Å². The highest BCUT2D eigenvalue weighted by Crippen LogP contribution is 2.15. The lowest BCUT2D eigenvalue weighted by atomic mass is 10.2. The molecule has 0 saturated heterocycles. The lowest BCUT2D eigenvalue weighted by molar-refractivity contribution is -0.121.